The minimum atomic E-state index is -0.144. The van der Waals surface area contributed by atoms with Crippen molar-refractivity contribution in [2.75, 3.05) is 13.3 Å². The number of rotatable bonds is 6. The molecule has 1 aromatic carbocycles. The second-order valence-corrected chi connectivity index (χ2v) is 22.5. The molecule has 9 heteroatoms. The summed E-state index contributed by atoms with van der Waals surface area (Å²) in [6, 6.07) is 17.3. The first kappa shape index (κ1) is 42.7. The second kappa shape index (κ2) is 20.1. The van der Waals surface area contributed by atoms with Gasteiger partial charge in [0, 0.05) is 66.3 Å². The van der Waals surface area contributed by atoms with E-state index in [1.165, 1.54) is 16.7 Å². The van der Waals surface area contributed by atoms with E-state index in [9.17, 15) is 0 Å². The van der Waals surface area contributed by atoms with Crippen LogP contribution in [0, 0.1) is 21.6 Å². The summed E-state index contributed by atoms with van der Waals surface area (Å²) in [6.07, 6.45) is 2.28. The average Bonchev–Trinajstić information content (AvgIpc) is 2.82. The molecule has 39 heavy (non-hydrogen) atoms. The fraction of sp³-hybridized carbons (Fsp3) is 0.633. The van der Waals surface area contributed by atoms with E-state index in [0.29, 0.717) is 15.5 Å². The summed E-state index contributed by atoms with van der Waals surface area (Å²) in [7, 11) is -0.112. The molecule has 1 aromatic heterocycles. The molecule has 0 amide bonds. The van der Waals surface area contributed by atoms with Gasteiger partial charge in [-0.3, -0.25) is 4.98 Å². The number of pyridine rings is 1. The zero-order valence-electron chi connectivity index (χ0n) is 26.6. The van der Waals surface area contributed by atoms with Crippen LogP contribution < -0.4 is 5.30 Å². The van der Waals surface area contributed by atoms with Crippen LogP contribution in [0.15, 0.2) is 48.5 Å². The first-order chi connectivity index (χ1) is 17.4. The molecular formula is C30H52MoN5P3. The molecule has 1 heterocycles. The largest absolute Gasteiger partial charge is 0.257 e. The molecule has 1 unspecified atom stereocenters. The van der Waals surface area contributed by atoms with E-state index in [-0.39, 0.29) is 44.8 Å². The Kier molecular flexibility index (Phi) is 22.0. The van der Waals surface area contributed by atoms with E-state index in [1.54, 1.807) is 0 Å². The molecule has 2 rings (SSSR count). The maximum absolute atomic E-state index is 6.00. The van der Waals surface area contributed by atoms with Crippen LogP contribution in [0.2, 0.25) is 0 Å². The molecule has 0 N–H and O–H groups in total. The first-order valence-electron chi connectivity index (χ1n) is 13.0. The number of hydrogen-bond donors (Lipinski definition) is 0. The molecule has 5 nitrogen and oxygen atoms in total. The molecule has 0 aliphatic heterocycles. The third kappa shape index (κ3) is 17.6. The Morgan fingerprint density at radius 2 is 1.05 bits per heavy atom. The van der Waals surface area contributed by atoms with E-state index < -0.39 is 0 Å². The number of hydrogen-bond acceptors (Lipinski definition) is 5. The van der Waals surface area contributed by atoms with Gasteiger partial charge in [0.2, 0.25) is 0 Å². The summed E-state index contributed by atoms with van der Waals surface area (Å²) >= 11 is 0. The van der Waals surface area contributed by atoms with Crippen LogP contribution in [0.1, 0.15) is 87.5 Å². The molecule has 0 saturated heterocycles. The minimum absolute atomic E-state index is 0. The van der Waals surface area contributed by atoms with Gasteiger partial charge in [0.15, 0.2) is 0 Å². The normalized spacial score (nSPS) is 12.1. The summed E-state index contributed by atoms with van der Waals surface area (Å²) in [5, 5.41) is 26.6. The van der Waals surface area contributed by atoms with Gasteiger partial charge in [0.05, 0.1) is 0 Å². The van der Waals surface area contributed by atoms with Crippen molar-refractivity contribution in [2.24, 2.45) is 0 Å². The van der Waals surface area contributed by atoms with Crippen molar-refractivity contribution in [2.45, 2.75) is 110 Å². The van der Waals surface area contributed by atoms with Crippen molar-refractivity contribution >= 4 is 29.1 Å². The standard InChI is InChI=1S/C22H41NP2.C8H11P.Mo.2N2/c1-17(2)24(20(3,4)5)15-18-13-12-14-19(23-18)16-25(21(6,7)8)22(9,10)11;1-9(2)8-6-4-3-5-7-8;;2*1-2/h12-14,17H,15-16H2,1-11H3;3-7H,1-2H3;;;. The number of aromatic nitrogens is 1. The van der Waals surface area contributed by atoms with Crippen LogP contribution in [-0.4, -0.2) is 39.4 Å². The Bertz CT molecular complexity index is 924. The summed E-state index contributed by atoms with van der Waals surface area (Å²) in [4.78, 5) is 5.11. The molecule has 2 aromatic rings. The summed E-state index contributed by atoms with van der Waals surface area (Å²) in [5.41, 5.74) is 3.33. The molecule has 0 spiro atoms. The van der Waals surface area contributed by atoms with Gasteiger partial charge in [-0.25, -0.2) is 0 Å². The van der Waals surface area contributed by atoms with Crippen molar-refractivity contribution in [1.82, 2.24) is 4.98 Å². The molecule has 0 radical (unpaired) electrons. The number of benzene rings is 1. The van der Waals surface area contributed by atoms with Gasteiger partial charge in [0.25, 0.3) is 0 Å². The van der Waals surface area contributed by atoms with Crippen molar-refractivity contribution in [1.29, 1.82) is 21.6 Å². The van der Waals surface area contributed by atoms with Crippen LogP contribution in [-0.2, 0) is 33.4 Å². The van der Waals surface area contributed by atoms with Crippen LogP contribution in [0.5, 0.6) is 0 Å². The third-order valence-corrected chi connectivity index (χ3v) is 14.7. The van der Waals surface area contributed by atoms with Gasteiger partial charge in [-0.05, 0) is 51.9 Å². The maximum atomic E-state index is 6.00. The predicted octanol–water partition coefficient (Wildman–Crippen LogP) is 9.96. The van der Waals surface area contributed by atoms with Crippen LogP contribution in [0.25, 0.3) is 0 Å². The van der Waals surface area contributed by atoms with Crippen molar-refractivity contribution < 1.29 is 21.1 Å². The van der Waals surface area contributed by atoms with Gasteiger partial charge in [-0.15, -0.1) is 0 Å². The molecular weight excluding hydrogens is 619 g/mol. The molecule has 0 bridgehead atoms. The van der Waals surface area contributed by atoms with Gasteiger partial charge < -0.3 is 0 Å². The maximum Gasteiger partial charge on any atom is 0.0450 e. The Labute approximate surface area is 258 Å². The van der Waals surface area contributed by atoms with Gasteiger partial charge in [0.1, 0.15) is 0 Å². The monoisotopic (exact) mass is 673 g/mol. The van der Waals surface area contributed by atoms with E-state index >= 15 is 0 Å². The third-order valence-electron chi connectivity index (χ3n) is 5.89. The summed E-state index contributed by atoms with van der Waals surface area (Å²) in [6.45, 7) is 30.8. The SMILES string of the molecule is CC(C)P(Cc1cccc(CP(C(C)(C)C)C(C)(C)C)n1)C(C)(C)C.CP(C)c1ccccc1.N#N.N#N.[Mo]. The van der Waals surface area contributed by atoms with E-state index in [2.05, 4.69) is 138 Å². The predicted molar refractivity (Wildman–Crippen MR) is 172 cm³/mol. The van der Waals surface area contributed by atoms with E-state index in [4.69, 9.17) is 26.6 Å². The van der Waals surface area contributed by atoms with E-state index in [0.717, 1.165) is 18.0 Å². The molecule has 0 aliphatic carbocycles. The van der Waals surface area contributed by atoms with Crippen molar-refractivity contribution in [3.05, 3.63) is 59.9 Å². The fourth-order valence-corrected chi connectivity index (χ4v) is 11.6. The fourth-order valence-electron chi connectivity index (χ4n) is 4.44. The average molecular weight is 672 g/mol. The zero-order valence-corrected chi connectivity index (χ0v) is 31.3. The first-order valence-corrected chi connectivity index (χ1v) is 18.4. The second-order valence-electron chi connectivity index (χ2n) is 12.7. The number of nitrogens with zero attached hydrogens (tertiary/aromatic N) is 5. The van der Waals surface area contributed by atoms with E-state index in [1.807, 2.05) is 0 Å². The Hall–Kier alpha value is -0.812. The summed E-state index contributed by atoms with van der Waals surface area (Å²) in [5.74, 6) is 0. The Morgan fingerprint density at radius 3 is 1.36 bits per heavy atom. The van der Waals surface area contributed by atoms with Crippen LogP contribution >= 0.6 is 23.8 Å². The molecule has 1 atom stereocenters. The van der Waals surface area contributed by atoms with Gasteiger partial charge >= 0.3 is 0 Å². The molecule has 0 saturated carbocycles. The van der Waals surface area contributed by atoms with Gasteiger partial charge in [-0.2, -0.15) is 0 Å². The van der Waals surface area contributed by atoms with Gasteiger partial charge in [-0.1, -0.05) is 136 Å². The summed E-state index contributed by atoms with van der Waals surface area (Å²) < 4.78 is 0. The Morgan fingerprint density at radius 1 is 0.641 bits per heavy atom. The van der Waals surface area contributed by atoms with Crippen molar-refractivity contribution in [3.63, 3.8) is 0 Å². The molecule has 218 valence electrons. The minimum Gasteiger partial charge on any atom is -0.257 e. The quantitative estimate of drug-likeness (QED) is 0.173. The molecule has 0 fully saturated rings. The van der Waals surface area contributed by atoms with Crippen LogP contribution in [0.3, 0.4) is 0 Å². The topological polar surface area (TPSA) is 108 Å². The molecule has 0 aliphatic rings. The zero-order chi connectivity index (χ0) is 30.3. The van der Waals surface area contributed by atoms with Crippen LogP contribution in [0.4, 0.5) is 0 Å². The Balaban J connectivity index is -0.000000770. The smallest absolute Gasteiger partial charge is 0.0450 e. The van der Waals surface area contributed by atoms with Crippen molar-refractivity contribution in [3.8, 4) is 0 Å².